The molecule has 0 spiro atoms. The maximum Gasteiger partial charge on any atom is 0.134 e. The summed E-state index contributed by atoms with van der Waals surface area (Å²) in [5.74, 6) is 2.84. The molecule has 5 heteroatoms. The van der Waals surface area contributed by atoms with Crippen LogP contribution in [0.2, 0.25) is 0 Å². The average molecular weight is 277 g/mol. The molecule has 112 valence electrons. The molecule has 2 rings (SSSR count). The van der Waals surface area contributed by atoms with Crippen LogP contribution in [0.3, 0.4) is 0 Å². The Balaban J connectivity index is 1.98. The van der Waals surface area contributed by atoms with Crippen LogP contribution < -0.4 is 10.6 Å². The predicted octanol–water partition coefficient (Wildman–Crippen LogP) is 2.29. The van der Waals surface area contributed by atoms with Crippen molar-refractivity contribution in [1.82, 2.24) is 14.9 Å². The van der Waals surface area contributed by atoms with Crippen molar-refractivity contribution in [2.45, 2.75) is 39.5 Å². The van der Waals surface area contributed by atoms with Crippen LogP contribution in [-0.4, -0.2) is 48.1 Å². The quantitative estimate of drug-likeness (QED) is 0.801. The molecular formula is C15H27N5. The summed E-state index contributed by atoms with van der Waals surface area (Å²) in [6.07, 6.45) is 4.68. The van der Waals surface area contributed by atoms with Crippen LogP contribution in [0.5, 0.6) is 0 Å². The Bertz CT molecular complexity index is 427. The number of aryl methyl sites for hydroxylation is 1. The summed E-state index contributed by atoms with van der Waals surface area (Å²) in [5.41, 5.74) is 1.11. The van der Waals surface area contributed by atoms with Crippen molar-refractivity contribution < 1.29 is 0 Å². The number of rotatable bonds is 7. The van der Waals surface area contributed by atoms with Gasteiger partial charge >= 0.3 is 0 Å². The topological polar surface area (TPSA) is 53.1 Å². The van der Waals surface area contributed by atoms with Crippen molar-refractivity contribution >= 4 is 11.6 Å². The Hall–Kier alpha value is -1.36. The smallest absolute Gasteiger partial charge is 0.134 e. The highest BCUT2D eigenvalue weighted by atomic mass is 15.2. The largest absolute Gasteiger partial charge is 0.373 e. The van der Waals surface area contributed by atoms with Crippen LogP contribution in [0, 0.1) is 6.92 Å². The van der Waals surface area contributed by atoms with E-state index in [1.54, 1.807) is 0 Å². The first kappa shape index (κ1) is 15.0. The van der Waals surface area contributed by atoms with Gasteiger partial charge in [-0.05, 0) is 39.3 Å². The van der Waals surface area contributed by atoms with Gasteiger partial charge in [-0.25, -0.2) is 9.97 Å². The third-order valence-electron chi connectivity index (χ3n) is 3.82. The number of likely N-dealkylation sites (tertiary alicyclic amines) is 1. The van der Waals surface area contributed by atoms with Crippen molar-refractivity contribution in [3.8, 4) is 0 Å². The Morgan fingerprint density at radius 1 is 1.15 bits per heavy atom. The normalized spacial score (nSPS) is 15.6. The van der Waals surface area contributed by atoms with Gasteiger partial charge in [0.1, 0.15) is 17.5 Å². The van der Waals surface area contributed by atoms with Gasteiger partial charge in [0.25, 0.3) is 0 Å². The maximum absolute atomic E-state index is 4.65. The molecule has 20 heavy (non-hydrogen) atoms. The van der Waals surface area contributed by atoms with Gasteiger partial charge in [-0.3, -0.25) is 0 Å². The third kappa shape index (κ3) is 3.82. The summed E-state index contributed by atoms with van der Waals surface area (Å²) in [6, 6.07) is 0. The molecule has 1 fully saturated rings. The first-order valence-electron chi connectivity index (χ1n) is 7.76. The van der Waals surface area contributed by atoms with E-state index < -0.39 is 0 Å². The van der Waals surface area contributed by atoms with Crippen molar-refractivity contribution in [1.29, 1.82) is 0 Å². The molecule has 1 saturated heterocycles. The van der Waals surface area contributed by atoms with Crippen LogP contribution in [0.1, 0.15) is 37.6 Å². The molecule has 0 atom stereocenters. The number of hydrogen-bond donors (Lipinski definition) is 2. The second-order valence-corrected chi connectivity index (χ2v) is 5.44. The van der Waals surface area contributed by atoms with Crippen molar-refractivity contribution in [3.63, 3.8) is 0 Å². The molecule has 1 aromatic heterocycles. The zero-order valence-electron chi connectivity index (χ0n) is 13.0. The lowest BCUT2D eigenvalue weighted by Crippen LogP contribution is -2.26. The number of nitrogens with one attached hydrogen (secondary N) is 2. The molecule has 2 heterocycles. The van der Waals surface area contributed by atoms with Gasteiger partial charge in [-0.1, -0.05) is 6.92 Å². The fraction of sp³-hybridized carbons (Fsp3) is 0.733. The van der Waals surface area contributed by atoms with E-state index in [1.807, 2.05) is 7.05 Å². The average Bonchev–Trinajstić information content (AvgIpc) is 2.95. The second kappa shape index (κ2) is 7.43. The summed E-state index contributed by atoms with van der Waals surface area (Å²) < 4.78 is 0. The lowest BCUT2D eigenvalue weighted by Gasteiger charge is -2.17. The Morgan fingerprint density at radius 2 is 1.85 bits per heavy atom. The van der Waals surface area contributed by atoms with E-state index in [1.165, 1.54) is 25.9 Å². The molecule has 0 aromatic carbocycles. The summed E-state index contributed by atoms with van der Waals surface area (Å²) >= 11 is 0. The van der Waals surface area contributed by atoms with Gasteiger partial charge in [0.2, 0.25) is 0 Å². The Labute approximate surface area is 122 Å². The molecular weight excluding hydrogens is 250 g/mol. The standard InChI is InChI=1S/C15H27N5/c1-4-7-13-18-14(16-3)12(2)15(19-13)17-8-11-20-9-5-6-10-20/h4-11H2,1-3H3,(H2,16,17,18,19). The number of aromatic nitrogens is 2. The van der Waals surface area contributed by atoms with Crippen LogP contribution in [0.4, 0.5) is 11.6 Å². The van der Waals surface area contributed by atoms with Gasteiger partial charge in [0, 0.05) is 32.1 Å². The molecule has 0 aliphatic carbocycles. The molecule has 0 bridgehead atoms. The molecule has 1 aromatic rings. The first-order chi connectivity index (χ1) is 9.74. The highest BCUT2D eigenvalue weighted by Crippen LogP contribution is 2.20. The molecule has 0 saturated carbocycles. The zero-order chi connectivity index (χ0) is 14.4. The van der Waals surface area contributed by atoms with Crippen LogP contribution >= 0.6 is 0 Å². The lowest BCUT2D eigenvalue weighted by molar-refractivity contribution is 0.352. The van der Waals surface area contributed by atoms with Crippen LogP contribution in [0.15, 0.2) is 0 Å². The van der Waals surface area contributed by atoms with Gasteiger partial charge in [0.15, 0.2) is 0 Å². The minimum Gasteiger partial charge on any atom is -0.373 e. The second-order valence-electron chi connectivity index (χ2n) is 5.44. The molecule has 0 amide bonds. The third-order valence-corrected chi connectivity index (χ3v) is 3.82. The van der Waals surface area contributed by atoms with Gasteiger partial charge in [0.05, 0.1) is 0 Å². The van der Waals surface area contributed by atoms with E-state index in [2.05, 4.69) is 39.3 Å². The Morgan fingerprint density at radius 3 is 2.50 bits per heavy atom. The SMILES string of the molecule is CCCc1nc(NC)c(C)c(NCCN2CCCC2)n1. The molecule has 0 unspecified atom stereocenters. The summed E-state index contributed by atoms with van der Waals surface area (Å²) in [4.78, 5) is 11.7. The summed E-state index contributed by atoms with van der Waals surface area (Å²) in [6.45, 7) is 8.76. The van der Waals surface area contributed by atoms with Crippen molar-refractivity contribution in [2.75, 3.05) is 43.9 Å². The van der Waals surface area contributed by atoms with Crippen molar-refractivity contribution in [2.24, 2.45) is 0 Å². The van der Waals surface area contributed by atoms with Crippen molar-refractivity contribution in [3.05, 3.63) is 11.4 Å². The molecule has 0 radical (unpaired) electrons. The summed E-state index contributed by atoms with van der Waals surface area (Å²) in [5, 5.41) is 6.65. The fourth-order valence-corrected chi connectivity index (χ4v) is 2.65. The van der Waals surface area contributed by atoms with E-state index in [0.717, 1.165) is 49.0 Å². The van der Waals surface area contributed by atoms with Gasteiger partial charge < -0.3 is 15.5 Å². The van der Waals surface area contributed by atoms with Crippen LogP contribution in [0.25, 0.3) is 0 Å². The van der Waals surface area contributed by atoms with Gasteiger partial charge in [-0.2, -0.15) is 0 Å². The molecule has 1 aliphatic heterocycles. The first-order valence-corrected chi connectivity index (χ1v) is 7.76. The molecule has 5 nitrogen and oxygen atoms in total. The van der Waals surface area contributed by atoms with E-state index in [-0.39, 0.29) is 0 Å². The maximum atomic E-state index is 4.65. The summed E-state index contributed by atoms with van der Waals surface area (Å²) in [7, 11) is 1.92. The van der Waals surface area contributed by atoms with Gasteiger partial charge in [-0.15, -0.1) is 0 Å². The molecule has 1 aliphatic rings. The Kier molecular flexibility index (Phi) is 5.59. The number of nitrogens with zero attached hydrogens (tertiary/aromatic N) is 3. The lowest BCUT2D eigenvalue weighted by atomic mass is 10.2. The van der Waals surface area contributed by atoms with Crippen LogP contribution in [-0.2, 0) is 6.42 Å². The van der Waals surface area contributed by atoms with E-state index >= 15 is 0 Å². The highest BCUT2D eigenvalue weighted by Gasteiger charge is 2.12. The van der Waals surface area contributed by atoms with E-state index in [0.29, 0.717) is 0 Å². The zero-order valence-corrected chi connectivity index (χ0v) is 13.0. The monoisotopic (exact) mass is 277 g/mol. The minimum absolute atomic E-state index is 0.922. The van der Waals surface area contributed by atoms with E-state index in [9.17, 15) is 0 Å². The molecule has 2 N–H and O–H groups in total. The number of anilines is 2. The fourth-order valence-electron chi connectivity index (χ4n) is 2.65. The van der Waals surface area contributed by atoms with E-state index in [4.69, 9.17) is 0 Å². The predicted molar refractivity (Wildman–Crippen MR) is 84.5 cm³/mol. The number of hydrogen-bond acceptors (Lipinski definition) is 5. The highest BCUT2D eigenvalue weighted by molar-refractivity contribution is 5.57. The minimum atomic E-state index is 0.922.